The average molecular weight is 544 g/mol. The van der Waals surface area contributed by atoms with Gasteiger partial charge in [0.2, 0.25) is 5.91 Å². The lowest BCUT2D eigenvalue weighted by molar-refractivity contribution is -0.181. The Morgan fingerprint density at radius 1 is 1.21 bits per heavy atom. The van der Waals surface area contributed by atoms with Crippen LogP contribution in [0.1, 0.15) is 54.6 Å². The molecule has 4 aliphatic carbocycles. The summed E-state index contributed by atoms with van der Waals surface area (Å²) in [6, 6.07) is -0.0342. The summed E-state index contributed by atoms with van der Waals surface area (Å²) in [5, 5.41) is 25.7. The number of Topliss-reactive ketones (excluding diaryl/α,β-unsaturated/α-hetero) is 4. The summed E-state index contributed by atoms with van der Waals surface area (Å²) in [5.41, 5.74) is 2.09. The zero-order valence-electron chi connectivity index (χ0n) is 22.4. The van der Waals surface area contributed by atoms with E-state index < -0.39 is 75.9 Å². The van der Waals surface area contributed by atoms with Gasteiger partial charge in [-0.05, 0) is 71.5 Å². The van der Waals surface area contributed by atoms with Crippen molar-refractivity contribution in [3.63, 3.8) is 0 Å². The molecule has 10 nitrogen and oxygen atoms in total. The van der Waals surface area contributed by atoms with E-state index in [0.29, 0.717) is 5.92 Å². The van der Waals surface area contributed by atoms with Crippen LogP contribution in [0.4, 0.5) is 4.39 Å². The van der Waals surface area contributed by atoms with Crippen molar-refractivity contribution < 1.29 is 38.6 Å². The van der Waals surface area contributed by atoms with Gasteiger partial charge in [-0.1, -0.05) is 0 Å². The van der Waals surface area contributed by atoms with Crippen LogP contribution in [-0.2, 0) is 32.1 Å². The van der Waals surface area contributed by atoms with Crippen LogP contribution >= 0.6 is 0 Å². The van der Waals surface area contributed by atoms with E-state index in [-0.39, 0.29) is 41.6 Å². The molecule has 5 rings (SSSR count). The molecule has 0 spiro atoms. The predicted molar refractivity (Wildman–Crippen MR) is 135 cm³/mol. The van der Waals surface area contributed by atoms with Gasteiger partial charge in [0.25, 0.3) is 0 Å². The molecule has 1 amide bonds. The van der Waals surface area contributed by atoms with Crippen LogP contribution < -0.4 is 11.1 Å². The largest absolute Gasteiger partial charge is 0.507 e. The number of carbonyl (C=O) groups is 5. The molecule has 0 bridgehead atoms. The molecule has 5 N–H and O–H groups in total. The molecular weight excluding hydrogens is 509 g/mol. The smallest absolute Gasteiger partial charge is 0.235 e. The standard InChI is InChI=1S/C28H34FN3O7/c1-27(2,13-5-6-13)31-10-12-9-16(33)18-14(20(12)29)7-11-8-15-21(32(3)4)23(35)19(26(30)38)25(37)28(15,39)24(36)17(11)22(18)34/h9,11,13,15,17,19,21,31,33,39H,5-8,10H2,1-4H3,(H2,30,38)/t11-,15-,17?,19?,21-,28-/m0/s1. The molecule has 3 saturated carbocycles. The number of phenolic OH excluding ortho intramolecular Hbond substituents is 1. The first-order valence-electron chi connectivity index (χ1n) is 13.3. The first-order valence-corrected chi connectivity index (χ1v) is 13.3. The topological polar surface area (TPSA) is 167 Å². The number of halogens is 1. The number of hydrogen-bond donors (Lipinski definition) is 4. The minimum absolute atomic E-state index is 0.0228. The second kappa shape index (κ2) is 9.00. The predicted octanol–water partition coefficient (Wildman–Crippen LogP) is 0.284. The summed E-state index contributed by atoms with van der Waals surface area (Å²) >= 11 is 0. The molecule has 0 radical (unpaired) electrons. The molecule has 0 saturated heterocycles. The number of likely N-dealkylation sites (N-methyl/N-ethyl adjacent to an activating group) is 1. The number of amides is 1. The maximum atomic E-state index is 15.8. The fraction of sp³-hybridized carbons (Fsp3) is 0.607. The highest BCUT2D eigenvalue weighted by molar-refractivity contribution is 6.32. The van der Waals surface area contributed by atoms with Crippen molar-refractivity contribution >= 4 is 29.0 Å². The van der Waals surface area contributed by atoms with E-state index in [2.05, 4.69) is 5.32 Å². The second-order valence-corrected chi connectivity index (χ2v) is 12.4. The summed E-state index contributed by atoms with van der Waals surface area (Å²) < 4.78 is 15.8. The monoisotopic (exact) mass is 543 g/mol. The van der Waals surface area contributed by atoms with Crippen LogP contribution in [0.5, 0.6) is 5.75 Å². The molecule has 4 aliphatic rings. The lowest BCUT2D eigenvalue weighted by Crippen LogP contribution is -2.74. The Balaban J connectivity index is 1.54. The number of nitrogens with one attached hydrogen (secondary N) is 1. The van der Waals surface area contributed by atoms with Crippen LogP contribution in [0.3, 0.4) is 0 Å². The summed E-state index contributed by atoms with van der Waals surface area (Å²) in [7, 11) is 3.02. The molecule has 6 atom stereocenters. The number of nitrogens with zero attached hydrogens (tertiary/aromatic N) is 1. The molecule has 2 unspecified atom stereocenters. The highest BCUT2D eigenvalue weighted by atomic mass is 19.1. The van der Waals surface area contributed by atoms with Gasteiger partial charge >= 0.3 is 0 Å². The molecule has 210 valence electrons. The lowest BCUT2D eigenvalue weighted by Gasteiger charge is -2.52. The van der Waals surface area contributed by atoms with Crippen molar-refractivity contribution in [2.24, 2.45) is 35.3 Å². The first-order chi connectivity index (χ1) is 18.1. The number of ketones is 4. The molecule has 39 heavy (non-hydrogen) atoms. The van der Waals surface area contributed by atoms with Crippen LogP contribution in [0.25, 0.3) is 0 Å². The van der Waals surface area contributed by atoms with Gasteiger partial charge in [-0.3, -0.25) is 28.9 Å². The zero-order valence-corrected chi connectivity index (χ0v) is 22.4. The third kappa shape index (κ3) is 3.96. The van der Waals surface area contributed by atoms with Crippen molar-refractivity contribution in [2.45, 2.75) is 63.3 Å². The van der Waals surface area contributed by atoms with Crippen LogP contribution in [-0.4, -0.2) is 75.4 Å². The van der Waals surface area contributed by atoms with E-state index in [9.17, 15) is 34.2 Å². The van der Waals surface area contributed by atoms with Gasteiger partial charge in [-0.2, -0.15) is 0 Å². The minimum Gasteiger partial charge on any atom is -0.507 e. The second-order valence-electron chi connectivity index (χ2n) is 12.4. The maximum absolute atomic E-state index is 15.8. The van der Waals surface area contributed by atoms with Crippen molar-refractivity contribution in [1.29, 1.82) is 0 Å². The van der Waals surface area contributed by atoms with Crippen LogP contribution in [0.15, 0.2) is 6.07 Å². The van der Waals surface area contributed by atoms with E-state index in [0.717, 1.165) is 12.8 Å². The molecule has 0 aliphatic heterocycles. The van der Waals surface area contributed by atoms with Crippen LogP contribution in [0.2, 0.25) is 0 Å². The number of aliphatic hydroxyl groups is 1. The minimum atomic E-state index is -2.80. The fourth-order valence-electron chi connectivity index (χ4n) is 7.11. The van der Waals surface area contributed by atoms with E-state index >= 15 is 4.39 Å². The quantitative estimate of drug-likeness (QED) is 0.369. The molecule has 3 fully saturated rings. The highest BCUT2D eigenvalue weighted by Crippen LogP contribution is 2.51. The Labute approximate surface area is 225 Å². The molecule has 0 aromatic heterocycles. The van der Waals surface area contributed by atoms with Gasteiger partial charge in [0, 0.05) is 29.1 Å². The number of primary amides is 1. The van der Waals surface area contributed by atoms with Gasteiger partial charge in [0.1, 0.15) is 11.6 Å². The first kappa shape index (κ1) is 27.5. The molecule has 11 heteroatoms. The number of carbonyl (C=O) groups excluding carboxylic acids is 5. The molecule has 0 heterocycles. The number of rotatable bonds is 6. The average Bonchev–Trinajstić information content (AvgIpc) is 3.68. The number of hydrogen-bond acceptors (Lipinski definition) is 9. The van der Waals surface area contributed by atoms with Crippen molar-refractivity contribution in [2.75, 3.05) is 14.1 Å². The molecular formula is C28H34FN3O7. The van der Waals surface area contributed by atoms with Crippen molar-refractivity contribution in [3.05, 3.63) is 28.6 Å². The van der Waals surface area contributed by atoms with E-state index in [1.54, 1.807) is 0 Å². The van der Waals surface area contributed by atoms with E-state index in [1.807, 2.05) is 13.8 Å². The van der Waals surface area contributed by atoms with Crippen LogP contribution in [0, 0.1) is 35.4 Å². The number of nitrogens with two attached hydrogens (primary N) is 1. The Hall–Kier alpha value is -3.02. The lowest BCUT2D eigenvalue weighted by atomic mass is 9.52. The van der Waals surface area contributed by atoms with E-state index in [1.165, 1.54) is 25.1 Å². The molecule has 1 aromatic rings. The summed E-state index contributed by atoms with van der Waals surface area (Å²) in [6.07, 6.45) is 1.93. The Morgan fingerprint density at radius 2 is 1.85 bits per heavy atom. The fourth-order valence-corrected chi connectivity index (χ4v) is 7.11. The summed E-state index contributed by atoms with van der Waals surface area (Å²) in [5.74, 6) is -11.8. The van der Waals surface area contributed by atoms with Gasteiger partial charge in [-0.25, -0.2) is 4.39 Å². The Bertz CT molecular complexity index is 1320. The maximum Gasteiger partial charge on any atom is 0.235 e. The van der Waals surface area contributed by atoms with Gasteiger partial charge in [0.05, 0.1) is 17.5 Å². The van der Waals surface area contributed by atoms with Crippen molar-refractivity contribution in [1.82, 2.24) is 10.2 Å². The van der Waals surface area contributed by atoms with Crippen molar-refractivity contribution in [3.8, 4) is 5.75 Å². The van der Waals surface area contributed by atoms with E-state index in [4.69, 9.17) is 5.73 Å². The highest BCUT2D eigenvalue weighted by Gasteiger charge is 2.69. The number of phenols is 1. The number of benzene rings is 1. The zero-order chi connectivity index (χ0) is 28.8. The molecule has 1 aromatic carbocycles. The third-order valence-corrected chi connectivity index (χ3v) is 9.40. The number of aromatic hydroxyl groups is 1. The number of fused-ring (bicyclic) bond motifs is 3. The van der Waals surface area contributed by atoms with Gasteiger partial charge in [0.15, 0.2) is 34.7 Å². The Kier molecular flexibility index (Phi) is 6.36. The third-order valence-electron chi connectivity index (χ3n) is 9.40. The normalized spacial score (nSPS) is 32.6. The van der Waals surface area contributed by atoms with Gasteiger partial charge in [-0.15, -0.1) is 0 Å². The summed E-state index contributed by atoms with van der Waals surface area (Å²) in [4.78, 5) is 67.3. The SMILES string of the molecule is CN(C)[C@@H]1C(=O)C(C(N)=O)C(=O)[C@@]2(O)C(=O)C3C(=O)c4c(O)cc(CNC(C)(C)C5CC5)c(F)c4C[C@H]3C[C@@H]12. The van der Waals surface area contributed by atoms with Gasteiger partial charge < -0.3 is 21.3 Å². The summed E-state index contributed by atoms with van der Waals surface area (Å²) in [6.45, 7) is 4.18. The Morgan fingerprint density at radius 3 is 2.41 bits per heavy atom.